The zero-order chi connectivity index (χ0) is 13.8. The predicted octanol–water partition coefficient (Wildman–Crippen LogP) is 3.13. The van der Waals surface area contributed by atoms with Crippen molar-refractivity contribution in [2.45, 2.75) is 33.7 Å². The third-order valence-corrected chi connectivity index (χ3v) is 4.04. The number of hydrogen-bond donors (Lipinski definition) is 1. The van der Waals surface area contributed by atoms with E-state index in [2.05, 4.69) is 57.0 Å². The van der Waals surface area contributed by atoms with E-state index in [4.69, 9.17) is 18.0 Å². The van der Waals surface area contributed by atoms with Crippen molar-refractivity contribution in [1.29, 1.82) is 0 Å². The van der Waals surface area contributed by atoms with E-state index >= 15 is 0 Å². The van der Waals surface area contributed by atoms with Gasteiger partial charge in [-0.05, 0) is 38.1 Å². The van der Waals surface area contributed by atoms with Gasteiger partial charge in [0.15, 0.2) is 0 Å². The van der Waals surface area contributed by atoms with Crippen molar-refractivity contribution in [3.05, 3.63) is 35.4 Å². The molecule has 1 aromatic carbocycles. The molecule has 0 unspecified atom stereocenters. The van der Waals surface area contributed by atoms with Crippen molar-refractivity contribution in [1.82, 2.24) is 4.90 Å². The first-order chi connectivity index (χ1) is 8.33. The third kappa shape index (κ3) is 4.39. The lowest BCUT2D eigenvalue weighted by atomic mass is 9.89. The summed E-state index contributed by atoms with van der Waals surface area (Å²) in [5.41, 5.74) is 8.41. The second-order valence-corrected chi connectivity index (χ2v) is 6.10. The number of nitrogens with two attached hydrogens (primary N) is 1. The van der Waals surface area contributed by atoms with Crippen LogP contribution in [0.4, 0.5) is 0 Å². The van der Waals surface area contributed by atoms with E-state index in [0.29, 0.717) is 4.99 Å². The molecule has 0 radical (unpaired) electrons. The first-order valence-corrected chi connectivity index (χ1v) is 6.77. The van der Waals surface area contributed by atoms with E-state index in [1.54, 1.807) is 0 Å². The first kappa shape index (κ1) is 15.1. The van der Waals surface area contributed by atoms with Crippen LogP contribution in [0, 0.1) is 12.3 Å². The van der Waals surface area contributed by atoms with Crippen molar-refractivity contribution < 1.29 is 0 Å². The summed E-state index contributed by atoms with van der Waals surface area (Å²) in [5.74, 6) is 0. The second kappa shape index (κ2) is 6.30. The monoisotopic (exact) mass is 264 g/mol. The molecule has 0 saturated heterocycles. The Balaban J connectivity index is 2.50. The SMILES string of the molecule is Cc1ccccc1CN(C)CCC(C)(C)C(N)=S. The molecular formula is C15H24N2S. The van der Waals surface area contributed by atoms with E-state index < -0.39 is 0 Å². The Morgan fingerprint density at radius 3 is 2.50 bits per heavy atom. The van der Waals surface area contributed by atoms with Crippen molar-refractivity contribution in [2.75, 3.05) is 13.6 Å². The van der Waals surface area contributed by atoms with Crippen LogP contribution in [-0.4, -0.2) is 23.5 Å². The molecule has 0 heterocycles. The Hall–Kier alpha value is -0.930. The van der Waals surface area contributed by atoms with Crippen molar-refractivity contribution >= 4 is 17.2 Å². The van der Waals surface area contributed by atoms with Crippen LogP contribution in [-0.2, 0) is 6.54 Å². The highest BCUT2D eigenvalue weighted by molar-refractivity contribution is 7.80. The summed E-state index contributed by atoms with van der Waals surface area (Å²) >= 11 is 5.09. The van der Waals surface area contributed by atoms with Crippen LogP contribution in [0.2, 0.25) is 0 Å². The van der Waals surface area contributed by atoms with Gasteiger partial charge in [-0.2, -0.15) is 0 Å². The summed E-state index contributed by atoms with van der Waals surface area (Å²) in [6.45, 7) is 8.34. The summed E-state index contributed by atoms with van der Waals surface area (Å²) in [7, 11) is 2.14. The van der Waals surface area contributed by atoms with Gasteiger partial charge in [-0.25, -0.2) is 0 Å². The maximum Gasteiger partial charge on any atom is 0.0784 e. The molecule has 0 spiro atoms. The minimum Gasteiger partial charge on any atom is -0.393 e. The molecule has 18 heavy (non-hydrogen) atoms. The molecular weight excluding hydrogens is 240 g/mol. The first-order valence-electron chi connectivity index (χ1n) is 6.36. The summed E-state index contributed by atoms with van der Waals surface area (Å²) in [4.78, 5) is 2.93. The number of benzene rings is 1. The minimum atomic E-state index is -0.0602. The molecule has 1 rings (SSSR count). The van der Waals surface area contributed by atoms with Crippen LogP contribution in [0.5, 0.6) is 0 Å². The van der Waals surface area contributed by atoms with Crippen molar-refractivity contribution in [2.24, 2.45) is 11.1 Å². The number of aryl methyl sites for hydroxylation is 1. The highest BCUT2D eigenvalue weighted by atomic mass is 32.1. The molecule has 0 atom stereocenters. The maximum absolute atomic E-state index is 5.75. The minimum absolute atomic E-state index is 0.0602. The van der Waals surface area contributed by atoms with E-state index in [-0.39, 0.29) is 5.41 Å². The van der Waals surface area contributed by atoms with Crippen LogP contribution in [0.15, 0.2) is 24.3 Å². The number of nitrogens with zero attached hydrogens (tertiary/aromatic N) is 1. The Morgan fingerprint density at radius 1 is 1.33 bits per heavy atom. The zero-order valence-electron chi connectivity index (χ0n) is 11.9. The van der Waals surface area contributed by atoms with E-state index in [0.717, 1.165) is 19.5 Å². The largest absolute Gasteiger partial charge is 0.393 e. The van der Waals surface area contributed by atoms with Crippen LogP contribution < -0.4 is 5.73 Å². The van der Waals surface area contributed by atoms with Crippen LogP contribution in [0.3, 0.4) is 0 Å². The maximum atomic E-state index is 5.75. The lowest BCUT2D eigenvalue weighted by Gasteiger charge is -2.26. The van der Waals surface area contributed by atoms with Gasteiger partial charge in [0.2, 0.25) is 0 Å². The van der Waals surface area contributed by atoms with Gasteiger partial charge >= 0.3 is 0 Å². The lowest BCUT2D eigenvalue weighted by molar-refractivity contribution is 0.285. The topological polar surface area (TPSA) is 29.3 Å². The van der Waals surface area contributed by atoms with Gasteiger partial charge in [-0.1, -0.05) is 50.3 Å². The summed E-state index contributed by atoms with van der Waals surface area (Å²) < 4.78 is 0. The Morgan fingerprint density at radius 2 is 1.94 bits per heavy atom. The summed E-state index contributed by atoms with van der Waals surface area (Å²) in [5, 5.41) is 0. The Bertz CT molecular complexity index is 413. The molecule has 3 heteroatoms. The van der Waals surface area contributed by atoms with Crippen LogP contribution in [0.1, 0.15) is 31.4 Å². The molecule has 0 amide bonds. The fraction of sp³-hybridized carbons (Fsp3) is 0.533. The Kier molecular flexibility index (Phi) is 5.29. The molecule has 2 N–H and O–H groups in total. The zero-order valence-corrected chi connectivity index (χ0v) is 12.7. The molecule has 0 aliphatic heterocycles. The summed E-state index contributed by atoms with van der Waals surface area (Å²) in [6, 6.07) is 8.51. The third-order valence-electron chi connectivity index (χ3n) is 3.49. The van der Waals surface area contributed by atoms with Crippen molar-refractivity contribution in [3.8, 4) is 0 Å². The standard InChI is InChI=1S/C15H24N2S/c1-12-7-5-6-8-13(12)11-17(4)10-9-15(2,3)14(16)18/h5-8H,9-11H2,1-4H3,(H2,16,18). The number of thiocarbonyl (C=S) groups is 1. The van der Waals surface area contributed by atoms with Gasteiger partial charge < -0.3 is 10.6 Å². The normalized spacial score (nSPS) is 11.8. The molecule has 2 nitrogen and oxygen atoms in total. The van der Waals surface area contributed by atoms with Gasteiger partial charge in [0.05, 0.1) is 4.99 Å². The smallest absolute Gasteiger partial charge is 0.0784 e. The van der Waals surface area contributed by atoms with Crippen molar-refractivity contribution in [3.63, 3.8) is 0 Å². The lowest BCUT2D eigenvalue weighted by Crippen LogP contribution is -2.33. The molecule has 0 aliphatic carbocycles. The molecule has 0 bridgehead atoms. The average Bonchev–Trinajstić information content (AvgIpc) is 2.29. The highest BCUT2D eigenvalue weighted by Gasteiger charge is 2.21. The fourth-order valence-corrected chi connectivity index (χ4v) is 1.85. The number of hydrogen-bond acceptors (Lipinski definition) is 2. The van der Waals surface area contributed by atoms with Gasteiger partial charge in [0.1, 0.15) is 0 Å². The molecule has 0 fully saturated rings. The quantitative estimate of drug-likeness (QED) is 0.800. The van der Waals surface area contributed by atoms with Gasteiger partial charge in [0, 0.05) is 12.0 Å². The molecule has 0 aromatic heterocycles. The second-order valence-electron chi connectivity index (χ2n) is 5.66. The van der Waals surface area contributed by atoms with Crippen LogP contribution >= 0.6 is 12.2 Å². The molecule has 0 aliphatic rings. The fourth-order valence-electron chi connectivity index (χ4n) is 1.75. The predicted molar refractivity (Wildman–Crippen MR) is 82.7 cm³/mol. The van der Waals surface area contributed by atoms with E-state index in [1.807, 2.05) is 0 Å². The average molecular weight is 264 g/mol. The molecule has 100 valence electrons. The van der Waals surface area contributed by atoms with Gasteiger partial charge in [-0.15, -0.1) is 0 Å². The summed E-state index contributed by atoms with van der Waals surface area (Å²) in [6.07, 6.45) is 0.991. The highest BCUT2D eigenvalue weighted by Crippen LogP contribution is 2.21. The molecule has 1 aromatic rings. The van der Waals surface area contributed by atoms with E-state index in [9.17, 15) is 0 Å². The van der Waals surface area contributed by atoms with Gasteiger partial charge in [-0.3, -0.25) is 0 Å². The molecule has 0 saturated carbocycles. The number of rotatable bonds is 6. The van der Waals surface area contributed by atoms with E-state index in [1.165, 1.54) is 11.1 Å². The van der Waals surface area contributed by atoms with Crippen LogP contribution in [0.25, 0.3) is 0 Å². The van der Waals surface area contributed by atoms with Gasteiger partial charge in [0.25, 0.3) is 0 Å². The Labute approximate surface area is 116 Å².